The molecule has 0 atom stereocenters. The molecule has 0 N–H and O–H groups in total. The fourth-order valence-electron chi connectivity index (χ4n) is 4.21. The third-order valence-electron chi connectivity index (χ3n) is 6.54. The summed E-state index contributed by atoms with van der Waals surface area (Å²) in [5.41, 5.74) is 2.81. The lowest BCUT2D eigenvalue weighted by Gasteiger charge is -2.06. The fourth-order valence-corrected chi connectivity index (χ4v) is 4.21. The molecule has 0 heterocycles. The second-order valence-corrected chi connectivity index (χ2v) is 9.96. The number of aliphatic imine (C=N–C) groups is 2. The molecule has 8 heteroatoms. The first kappa shape index (κ1) is 32.7. The van der Waals surface area contributed by atoms with E-state index in [1.54, 1.807) is 72.8 Å². The van der Waals surface area contributed by atoms with Crippen LogP contribution < -0.4 is 18.9 Å². The van der Waals surface area contributed by atoms with Gasteiger partial charge in [-0.1, -0.05) is 0 Å². The van der Waals surface area contributed by atoms with E-state index in [-0.39, 0.29) is 0 Å². The minimum absolute atomic E-state index is 0.416. The zero-order valence-corrected chi connectivity index (χ0v) is 25.7. The van der Waals surface area contributed by atoms with Gasteiger partial charge in [0.2, 0.25) is 0 Å². The zero-order valence-electron chi connectivity index (χ0n) is 25.7. The Hall–Kier alpha value is -5.24. The van der Waals surface area contributed by atoms with Crippen LogP contribution in [0.5, 0.6) is 23.0 Å². The molecule has 0 spiro atoms. The number of hydrogen-bond donors (Lipinski definition) is 0. The van der Waals surface area contributed by atoms with Crippen molar-refractivity contribution >= 4 is 24.4 Å². The Kier molecular flexibility index (Phi) is 12.9. The summed E-state index contributed by atoms with van der Waals surface area (Å²) in [7, 11) is 0. The Balaban J connectivity index is 1.09. The van der Waals surface area contributed by atoms with E-state index in [2.05, 4.69) is 9.98 Å². The maximum Gasteiger partial charge on any atom is 0.343 e. The molecule has 0 saturated carbocycles. The first-order valence-electron chi connectivity index (χ1n) is 15.1. The van der Waals surface area contributed by atoms with E-state index >= 15 is 0 Å². The monoisotopic (exact) mass is 606 g/mol. The van der Waals surface area contributed by atoms with Crippen molar-refractivity contribution in [3.05, 3.63) is 119 Å². The molecule has 232 valence electrons. The highest BCUT2D eigenvalue weighted by Crippen LogP contribution is 2.18. The van der Waals surface area contributed by atoms with Crippen molar-refractivity contribution in [3.63, 3.8) is 0 Å². The molecule has 0 aliphatic carbocycles. The van der Waals surface area contributed by atoms with Crippen molar-refractivity contribution in [1.29, 1.82) is 0 Å². The van der Waals surface area contributed by atoms with Gasteiger partial charge in [-0.25, -0.2) is 9.59 Å². The average molecular weight is 607 g/mol. The van der Waals surface area contributed by atoms with Crippen LogP contribution in [0.25, 0.3) is 0 Å². The van der Waals surface area contributed by atoms with Gasteiger partial charge in [-0.05, 0) is 141 Å². The molecule has 4 rings (SSSR count). The van der Waals surface area contributed by atoms with E-state index in [1.165, 1.54) is 0 Å². The van der Waals surface area contributed by atoms with Gasteiger partial charge in [0.25, 0.3) is 0 Å². The molecule has 0 fully saturated rings. The molecule has 4 aromatic rings. The van der Waals surface area contributed by atoms with E-state index in [0.717, 1.165) is 43.5 Å². The van der Waals surface area contributed by atoms with Gasteiger partial charge in [-0.15, -0.1) is 0 Å². The van der Waals surface area contributed by atoms with Crippen molar-refractivity contribution in [3.8, 4) is 23.0 Å². The highest BCUT2D eigenvalue weighted by atomic mass is 16.5. The summed E-state index contributed by atoms with van der Waals surface area (Å²) in [6.07, 6.45) is 6.62. The molecule has 4 aromatic carbocycles. The number of ether oxygens (including phenoxy) is 4. The molecular weight excluding hydrogens is 568 g/mol. The van der Waals surface area contributed by atoms with Gasteiger partial charge < -0.3 is 18.9 Å². The maximum absolute atomic E-state index is 12.4. The van der Waals surface area contributed by atoms with Gasteiger partial charge in [-0.3, -0.25) is 9.98 Å². The summed E-state index contributed by atoms with van der Waals surface area (Å²) in [4.78, 5) is 33.7. The smallest absolute Gasteiger partial charge is 0.343 e. The number of rotatable bonds is 16. The van der Waals surface area contributed by atoms with Crippen molar-refractivity contribution < 1.29 is 28.5 Å². The predicted molar refractivity (Wildman–Crippen MR) is 177 cm³/mol. The summed E-state index contributed by atoms with van der Waals surface area (Å²) in [6.45, 7) is 6.43. The molecule has 45 heavy (non-hydrogen) atoms. The second-order valence-electron chi connectivity index (χ2n) is 9.96. The molecule has 0 radical (unpaired) electrons. The third-order valence-corrected chi connectivity index (χ3v) is 6.54. The van der Waals surface area contributed by atoms with Crippen LogP contribution in [0, 0.1) is 0 Å². The summed E-state index contributed by atoms with van der Waals surface area (Å²) in [5, 5.41) is 0. The van der Waals surface area contributed by atoms with Crippen LogP contribution in [0.1, 0.15) is 65.0 Å². The number of hydrogen-bond acceptors (Lipinski definition) is 8. The third kappa shape index (κ3) is 11.1. The summed E-state index contributed by atoms with van der Waals surface area (Å²) in [5.74, 6) is 1.56. The van der Waals surface area contributed by atoms with Crippen LogP contribution >= 0.6 is 0 Å². The molecule has 0 amide bonds. The van der Waals surface area contributed by atoms with Gasteiger partial charge in [0, 0.05) is 25.5 Å². The second kappa shape index (κ2) is 17.8. The Labute approximate surface area is 264 Å². The minimum atomic E-state index is -0.416. The zero-order chi connectivity index (χ0) is 31.7. The quantitative estimate of drug-likeness (QED) is 0.0563. The van der Waals surface area contributed by atoms with Crippen LogP contribution in [0.15, 0.2) is 107 Å². The summed E-state index contributed by atoms with van der Waals surface area (Å²) in [6, 6.07) is 28.3. The lowest BCUT2D eigenvalue weighted by molar-refractivity contribution is 0.0725. The lowest BCUT2D eigenvalue weighted by Crippen LogP contribution is -2.08. The van der Waals surface area contributed by atoms with Gasteiger partial charge in [0.05, 0.1) is 24.3 Å². The van der Waals surface area contributed by atoms with Crippen LogP contribution in [-0.4, -0.2) is 50.7 Å². The highest BCUT2D eigenvalue weighted by Gasteiger charge is 2.10. The van der Waals surface area contributed by atoms with Crippen LogP contribution in [0.2, 0.25) is 0 Å². The molecule has 0 bridgehead atoms. The van der Waals surface area contributed by atoms with E-state index < -0.39 is 11.9 Å². The number of carbonyl (C=O) groups excluding carboxylic acids is 2. The first-order valence-corrected chi connectivity index (χ1v) is 15.1. The van der Waals surface area contributed by atoms with Crippen molar-refractivity contribution in [2.24, 2.45) is 9.98 Å². The fraction of sp³-hybridized carbons (Fsp3) is 0.243. The number of benzene rings is 4. The minimum Gasteiger partial charge on any atom is -0.494 e. The van der Waals surface area contributed by atoms with E-state index in [0.29, 0.717) is 47.3 Å². The topological polar surface area (TPSA) is 95.8 Å². The molecule has 0 aliphatic heterocycles. The van der Waals surface area contributed by atoms with E-state index in [9.17, 15) is 9.59 Å². The SMILES string of the molecule is CCOc1ccc(C(=O)Oc2ccc(C=NCCCCCN=Cc3ccc(OC(=O)c4ccc(OCC)cc4)cc3)cc2)cc1. The standard InChI is InChI=1S/C37H38N2O6/c1-3-42-32-20-12-30(13-21-32)36(40)44-34-16-8-28(9-17-34)26-38-24-6-5-7-25-39-27-29-10-18-35(19-11-29)45-37(41)31-14-22-33(23-15-31)43-4-2/h8-23,26-27H,3-7,24-25H2,1-2H3. The number of unbranched alkanes of at least 4 members (excludes halogenated alkanes) is 2. The average Bonchev–Trinajstić information content (AvgIpc) is 3.06. The molecule has 0 aromatic heterocycles. The number of esters is 2. The molecule has 8 nitrogen and oxygen atoms in total. The molecular formula is C37H38N2O6. The Morgan fingerprint density at radius 3 is 1.22 bits per heavy atom. The van der Waals surface area contributed by atoms with E-state index in [1.807, 2.05) is 50.5 Å². The number of nitrogens with zero attached hydrogens (tertiary/aromatic N) is 2. The van der Waals surface area contributed by atoms with Crippen LogP contribution in [-0.2, 0) is 0 Å². The molecule has 0 aliphatic rings. The summed E-state index contributed by atoms with van der Waals surface area (Å²) < 4.78 is 21.7. The molecule has 0 saturated heterocycles. The van der Waals surface area contributed by atoms with Gasteiger partial charge >= 0.3 is 11.9 Å². The Morgan fingerprint density at radius 2 is 0.867 bits per heavy atom. The van der Waals surface area contributed by atoms with Crippen molar-refractivity contribution in [2.75, 3.05) is 26.3 Å². The predicted octanol–water partition coefficient (Wildman–Crippen LogP) is 7.63. The molecule has 0 unspecified atom stereocenters. The van der Waals surface area contributed by atoms with Gasteiger partial charge in [0.1, 0.15) is 23.0 Å². The van der Waals surface area contributed by atoms with Crippen molar-refractivity contribution in [2.45, 2.75) is 33.1 Å². The Bertz CT molecular complexity index is 1430. The first-order chi connectivity index (χ1) is 22.0. The summed E-state index contributed by atoms with van der Waals surface area (Å²) >= 11 is 0. The maximum atomic E-state index is 12.4. The van der Waals surface area contributed by atoms with Gasteiger partial charge in [-0.2, -0.15) is 0 Å². The largest absolute Gasteiger partial charge is 0.494 e. The highest BCUT2D eigenvalue weighted by molar-refractivity contribution is 5.92. The Morgan fingerprint density at radius 1 is 0.511 bits per heavy atom. The van der Waals surface area contributed by atoms with E-state index in [4.69, 9.17) is 18.9 Å². The van der Waals surface area contributed by atoms with Crippen LogP contribution in [0.3, 0.4) is 0 Å². The van der Waals surface area contributed by atoms with Crippen molar-refractivity contribution in [1.82, 2.24) is 0 Å². The number of carbonyl (C=O) groups is 2. The van der Waals surface area contributed by atoms with Gasteiger partial charge in [0.15, 0.2) is 0 Å². The lowest BCUT2D eigenvalue weighted by atomic mass is 10.2. The van der Waals surface area contributed by atoms with Crippen LogP contribution in [0.4, 0.5) is 0 Å². The normalized spacial score (nSPS) is 11.1.